The van der Waals surface area contributed by atoms with E-state index < -0.39 is 0 Å². The van der Waals surface area contributed by atoms with Crippen molar-refractivity contribution in [2.24, 2.45) is 0 Å². The van der Waals surface area contributed by atoms with Crippen molar-refractivity contribution in [3.05, 3.63) is 139 Å². The topological polar surface area (TPSA) is 38.7 Å². The lowest BCUT2D eigenvalue weighted by Crippen LogP contribution is -2.43. The standard InChI is InChI=1S/C39H33N3/c1-38(2)33-22-14-13-20-30(33)31-24-23-28(25-34(31)39(38,3)4)29-19-11-12-21-32(29)37-41-35(26-15-7-5-8-16-26)40-36(42-37)27-17-9-6-10-18-27/h5-25H,1-4H3. The number of benzene rings is 5. The van der Waals surface area contributed by atoms with Gasteiger partial charge in [-0.3, -0.25) is 0 Å². The molecule has 0 spiro atoms. The summed E-state index contributed by atoms with van der Waals surface area (Å²) in [6.45, 7) is 9.50. The first-order chi connectivity index (χ1) is 20.3. The predicted molar refractivity (Wildman–Crippen MR) is 173 cm³/mol. The van der Waals surface area contributed by atoms with Crippen LogP contribution in [0.2, 0.25) is 0 Å². The molecule has 0 saturated carbocycles. The summed E-state index contributed by atoms with van der Waals surface area (Å²) in [5.41, 5.74) is 10.5. The van der Waals surface area contributed by atoms with Gasteiger partial charge in [0.15, 0.2) is 17.5 Å². The highest BCUT2D eigenvalue weighted by atomic mass is 15.0. The van der Waals surface area contributed by atoms with Gasteiger partial charge in [-0.2, -0.15) is 0 Å². The van der Waals surface area contributed by atoms with E-state index in [1.165, 1.54) is 22.3 Å². The number of aromatic nitrogens is 3. The molecule has 1 heterocycles. The maximum atomic E-state index is 5.03. The van der Waals surface area contributed by atoms with E-state index in [1.807, 2.05) is 60.7 Å². The van der Waals surface area contributed by atoms with Crippen LogP contribution in [0.5, 0.6) is 0 Å². The second kappa shape index (κ2) is 9.88. The van der Waals surface area contributed by atoms with E-state index in [-0.39, 0.29) is 10.8 Å². The molecule has 3 heteroatoms. The van der Waals surface area contributed by atoms with E-state index >= 15 is 0 Å². The van der Waals surface area contributed by atoms with Crippen LogP contribution in [0.1, 0.15) is 38.8 Å². The molecular formula is C39H33N3. The summed E-state index contributed by atoms with van der Waals surface area (Å²) in [6.07, 6.45) is 0. The number of fused-ring (bicyclic) bond motifs is 3. The molecule has 0 aliphatic heterocycles. The molecule has 0 bridgehead atoms. The fourth-order valence-electron chi connectivity index (χ4n) is 6.26. The molecule has 0 unspecified atom stereocenters. The van der Waals surface area contributed by atoms with Crippen LogP contribution in [-0.4, -0.2) is 15.0 Å². The Labute approximate surface area is 248 Å². The fraction of sp³-hybridized carbons (Fsp3) is 0.154. The van der Waals surface area contributed by atoms with Crippen LogP contribution < -0.4 is 0 Å². The normalized spacial score (nSPS) is 14.6. The first kappa shape index (κ1) is 26.0. The fourth-order valence-corrected chi connectivity index (χ4v) is 6.26. The van der Waals surface area contributed by atoms with Crippen LogP contribution in [0.3, 0.4) is 0 Å². The SMILES string of the molecule is CC1(C)c2ccccc2-c2ccc(-c3ccccc3-c3nc(-c4ccccc4)nc(-c4ccccc4)n3)cc2C1(C)C. The summed E-state index contributed by atoms with van der Waals surface area (Å²) in [5.74, 6) is 2.00. The highest BCUT2D eigenvalue weighted by Crippen LogP contribution is 2.54. The van der Waals surface area contributed by atoms with Crippen LogP contribution in [0, 0.1) is 0 Å². The van der Waals surface area contributed by atoms with Gasteiger partial charge in [0.25, 0.3) is 0 Å². The van der Waals surface area contributed by atoms with Gasteiger partial charge in [0.05, 0.1) is 0 Å². The Balaban J connectivity index is 1.42. The van der Waals surface area contributed by atoms with Crippen molar-refractivity contribution in [1.82, 2.24) is 15.0 Å². The highest BCUT2D eigenvalue weighted by Gasteiger charge is 2.45. The number of hydrogen-bond donors (Lipinski definition) is 0. The number of hydrogen-bond acceptors (Lipinski definition) is 3. The quantitative estimate of drug-likeness (QED) is 0.222. The average molecular weight is 544 g/mol. The summed E-state index contributed by atoms with van der Waals surface area (Å²) in [7, 11) is 0. The van der Waals surface area contributed by atoms with Crippen LogP contribution >= 0.6 is 0 Å². The maximum Gasteiger partial charge on any atom is 0.164 e. The Morgan fingerprint density at radius 1 is 0.357 bits per heavy atom. The lowest BCUT2D eigenvalue weighted by atomic mass is 9.55. The van der Waals surface area contributed by atoms with E-state index in [0.29, 0.717) is 17.5 Å². The van der Waals surface area contributed by atoms with Crippen LogP contribution in [0.4, 0.5) is 0 Å². The van der Waals surface area contributed by atoms with Crippen LogP contribution in [0.15, 0.2) is 127 Å². The Bertz CT molecular complexity index is 1860. The third kappa shape index (κ3) is 4.16. The van der Waals surface area contributed by atoms with Crippen LogP contribution in [-0.2, 0) is 10.8 Å². The van der Waals surface area contributed by atoms with Gasteiger partial charge in [0.2, 0.25) is 0 Å². The molecule has 1 aliphatic rings. The monoisotopic (exact) mass is 543 g/mol. The molecule has 0 atom stereocenters. The number of nitrogens with zero attached hydrogens (tertiary/aromatic N) is 3. The van der Waals surface area contributed by atoms with Crippen molar-refractivity contribution in [3.8, 4) is 56.4 Å². The van der Waals surface area contributed by atoms with E-state index in [2.05, 4.69) is 94.4 Å². The molecule has 0 fully saturated rings. The van der Waals surface area contributed by atoms with Gasteiger partial charge in [-0.05, 0) is 50.3 Å². The summed E-state index contributed by atoms with van der Waals surface area (Å²) in [6, 6.07) is 44.5. The minimum absolute atomic E-state index is 0.0296. The lowest BCUT2D eigenvalue weighted by molar-refractivity contribution is 0.299. The molecule has 0 N–H and O–H groups in total. The average Bonchev–Trinajstić information content (AvgIpc) is 3.04. The van der Waals surface area contributed by atoms with Gasteiger partial charge < -0.3 is 0 Å². The van der Waals surface area contributed by atoms with Gasteiger partial charge in [-0.1, -0.05) is 149 Å². The third-order valence-corrected chi connectivity index (χ3v) is 9.32. The first-order valence-electron chi connectivity index (χ1n) is 14.6. The van der Waals surface area contributed by atoms with Crippen molar-refractivity contribution in [2.75, 3.05) is 0 Å². The summed E-state index contributed by atoms with van der Waals surface area (Å²) in [5, 5.41) is 0. The van der Waals surface area contributed by atoms with E-state index in [1.54, 1.807) is 0 Å². The van der Waals surface area contributed by atoms with Gasteiger partial charge >= 0.3 is 0 Å². The van der Waals surface area contributed by atoms with Crippen LogP contribution in [0.25, 0.3) is 56.4 Å². The van der Waals surface area contributed by atoms with Gasteiger partial charge in [0, 0.05) is 16.7 Å². The van der Waals surface area contributed by atoms with Crippen molar-refractivity contribution >= 4 is 0 Å². The van der Waals surface area contributed by atoms with Gasteiger partial charge in [0.1, 0.15) is 0 Å². The van der Waals surface area contributed by atoms with E-state index in [9.17, 15) is 0 Å². The Hall–Kier alpha value is -4.89. The molecular weight excluding hydrogens is 510 g/mol. The molecule has 0 saturated heterocycles. The maximum absolute atomic E-state index is 5.03. The molecule has 5 aromatic carbocycles. The highest BCUT2D eigenvalue weighted by molar-refractivity contribution is 5.86. The number of rotatable bonds is 4. The molecule has 42 heavy (non-hydrogen) atoms. The lowest BCUT2D eigenvalue weighted by Gasteiger charge is -2.48. The zero-order chi connectivity index (χ0) is 28.9. The summed E-state index contributed by atoms with van der Waals surface area (Å²) in [4.78, 5) is 15.0. The van der Waals surface area contributed by atoms with Crippen molar-refractivity contribution in [1.29, 1.82) is 0 Å². The minimum atomic E-state index is -0.0736. The zero-order valence-electron chi connectivity index (χ0n) is 24.5. The van der Waals surface area contributed by atoms with Gasteiger partial charge in [-0.25, -0.2) is 15.0 Å². The summed E-state index contributed by atoms with van der Waals surface area (Å²) >= 11 is 0. The summed E-state index contributed by atoms with van der Waals surface area (Å²) < 4.78 is 0. The van der Waals surface area contributed by atoms with Crippen molar-refractivity contribution in [3.63, 3.8) is 0 Å². The Morgan fingerprint density at radius 3 is 1.43 bits per heavy atom. The molecule has 204 valence electrons. The zero-order valence-corrected chi connectivity index (χ0v) is 24.5. The molecule has 1 aromatic heterocycles. The second-order valence-electron chi connectivity index (χ2n) is 12.1. The Kier molecular flexibility index (Phi) is 6.13. The van der Waals surface area contributed by atoms with Crippen molar-refractivity contribution in [2.45, 2.75) is 38.5 Å². The van der Waals surface area contributed by atoms with Gasteiger partial charge in [-0.15, -0.1) is 0 Å². The molecule has 0 amide bonds. The second-order valence-corrected chi connectivity index (χ2v) is 12.1. The smallest absolute Gasteiger partial charge is 0.164 e. The molecule has 3 nitrogen and oxygen atoms in total. The molecule has 6 aromatic rings. The first-order valence-corrected chi connectivity index (χ1v) is 14.6. The van der Waals surface area contributed by atoms with E-state index in [0.717, 1.165) is 27.8 Å². The molecule has 7 rings (SSSR count). The Morgan fingerprint density at radius 2 is 0.810 bits per heavy atom. The van der Waals surface area contributed by atoms with Crippen molar-refractivity contribution < 1.29 is 0 Å². The predicted octanol–water partition coefficient (Wildman–Crippen LogP) is 9.78. The largest absolute Gasteiger partial charge is 0.208 e. The molecule has 0 radical (unpaired) electrons. The van der Waals surface area contributed by atoms with E-state index in [4.69, 9.17) is 15.0 Å². The third-order valence-electron chi connectivity index (χ3n) is 9.32. The minimum Gasteiger partial charge on any atom is -0.208 e. The molecule has 1 aliphatic carbocycles.